The Hall–Kier alpha value is -6.42. The summed E-state index contributed by atoms with van der Waals surface area (Å²) in [5.41, 5.74) is 3.48. The van der Waals surface area contributed by atoms with Crippen LogP contribution in [-0.2, 0) is 38.8 Å². The molecule has 414 valence electrons. The summed E-state index contributed by atoms with van der Waals surface area (Å²) in [6.07, 6.45) is 1.56. The lowest BCUT2D eigenvalue weighted by molar-refractivity contribution is 0.0907. The zero-order chi connectivity index (χ0) is 56.5. The van der Waals surface area contributed by atoms with Gasteiger partial charge in [-0.25, -0.2) is 0 Å². The normalized spacial score (nSPS) is 15.1. The largest absolute Gasteiger partial charge is 0.494 e. The number of hydrogen-bond acceptors (Lipinski definition) is 22. The van der Waals surface area contributed by atoms with E-state index in [2.05, 4.69) is 44.7 Å². The summed E-state index contributed by atoms with van der Waals surface area (Å²) in [4.78, 5) is 45.2. The zero-order valence-corrected chi connectivity index (χ0v) is 48.9. The number of carbonyl (C=O) groups excluding carboxylic acids is 2. The topological polar surface area (TPSA) is 280 Å². The molecule has 6 aromatic rings. The van der Waals surface area contributed by atoms with Crippen LogP contribution in [0.2, 0.25) is 0 Å². The molecule has 3 aromatic heterocycles. The predicted octanol–water partition coefficient (Wildman–Crippen LogP) is 13.1. The average Bonchev–Trinajstić information content (AvgIpc) is 4.18. The number of aromatic nitrogens is 3. The van der Waals surface area contributed by atoms with E-state index in [1.807, 2.05) is 58.6 Å². The van der Waals surface area contributed by atoms with Gasteiger partial charge in [-0.05, 0) is 98.4 Å². The molecule has 0 atom stereocenters. The Morgan fingerprint density at radius 2 is 1.21 bits per heavy atom. The first-order valence-electron chi connectivity index (χ1n) is 24.9. The van der Waals surface area contributed by atoms with Gasteiger partial charge in [-0.1, -0.05) is 51.6 Å². The Morgan fingerprint density at radius 1 is 0.667 bits per heavy atom. The molecule has 3 heterocycles. The first-order chi connectivity index (χ1) is 36.9. The van der Waals surface area contributed by atoms with Gasteiger partial charge in [0.1, 0.15) is 32.8 Å². The maximum Gasteiger partial charge on any atom is 0.297 e. The van der Waals surface area contributed by atoms with Gasteiger partial charge in [0.2, 0.25) is 11.9 Å². The van der Waals surface area contributed by atoms with Crippen LogP contribution >= 0.6 is 34.4 Å². The molecule has 0 radical (unpaired) electrons. The van der Waals surface area contributed by atoms with Gasteiger partial charge < -0.3 is 29.9 Å². The zero-order valence-electron chi connectivity index (χ0n) is 44.8. The summed E-state index contributed by atoms with van der Waals surface area (Å²) in [7, 11) is -6.31. The minimum atomic E-state index is -4.87. The van der Waals surface area contributed by atoms with E-state index < -0.39 is 30.5 Å². The van der Waals surface area contributed by atoms with Crippen LogP contribution in [0.5, 0.6) is 11.5 Å². The van der Waals surface area contributed by atoms with Crippen molar-refractivity contribution in [2.24, 2.45) is 31.3 Å². The van der Waals surface area contributed by atoms with Crippen molar-refractivity contribution >= 4 is 122 Å². The fourth-order valence-electron chi connectivity index (χ4n) is 9.48. The maximum absolute atomic E-state index is 13.3. The molecule has 78 heavy (non-hydrogen) atoms. The number of Topliss-reactive ketones (excluding diaryl/α,β-unsaturated/α-hetero) is 2. The molecule has 0 fully saturated rings. The van der Waals surface area contributed by atoms with Gasteiger partial charge in [0.15, 0.2) is 21.7 Å². The fourth-order valence-corrected chi connectivity index (χ4v) is 14.0. The van der Waals surface area contributed by atoms with Crippen LogP contribution in [0.25, 0.3) is 0 Å². The van der Waals surface area contributed by atoms with Crippen molar-refractivity contribution in [3.8, 4) is 11.5 Å². The number of thiophene rings is 2. The van der Waals surface area contributed by atoms with Crippen LogP contribution < -0.4 is 29.9 Å². The molecule has 21 nitrogen and oxygen atoms in total. The van der Waals surface area contributed by atoms with Crippen LogP contribution in [0.15, 0.2) is 90.0 Å². The molecule has 0 saturated heterocycles. The number of methoxy groups -OCH3 is 2. The van der Waals surface area contributed by atoms with Gasteiger partial charge in [-0.2, -0.15) is 31.8 Å². The van der Waals surface area contributed by atoms with E-state index in [1.165, 1.54) is 36.6 Å². The molecular formula is C52H61N11O10S5. The number of ether oxygens (including phenoxy) is 2. The van der Waals surface area contributed by atoms with Gasteiger partial charge in [-0.3, -0.25) is 18.7 Å². The Balaban J connectivity index is 1.26. The number of carbonyl (C=O) groups is 2. The van der Waals surface area contributed by atoms with E-state index in [4.69, 9.17) is 29.5 Å². The molecule has 26 heteroatoms. The van der Waals surface area contributed by atoms with Crippen LogP contribution in [0.3, 0.4) is 0 Å². The highest BCUT2D eigenvalue weighted by Crippen LogP contribution is 2.49. The monoisotopic (exact) mass is 1160 g/mol. The molecule has 2 aliphatic carbocycles. The number of azo groups is 2. The van der Waals surface area contributed by atoms with Crippen molar-refractivity contribution in [1.29, 1.82) is 0 Å². The highest BCUT2D eigenvalue weighted by molar-refractivity contribution is 7.98. The number of anilines is 6. The van der Waals surface area contributed by atoms with Crippen LogP contribution in [-0.4, -0.2) is 92.9 Å². The number of thioether (sulfide) groups is 1. The highest BCUT2D eigenvalue weighted by atomic mass is 32.2. The van der Waals surface area contributed by atoms with Gasteiger partial charge >= 0.3 is 0 Å². The molecule has 0 aliphatic heterocycles. The minimum Gasteiger partial charge on any atom is -0.494 e. The summed E-state index contributed by atoms with van der Waals surface area (Å²) in [6.45, 7) is 18.3. The van der Waals surface area contributed by atoms with E-state index in [0.29, 0.717) is 76.6 Å². The molecule has 0 amide bonds. The lowest BCUT2D eigenvalue weighted by Gasteiger charge is -2.28. The van der Waals surface area contributed by atoms with Crippen LogP contribution in [0.4, 0.5) is 56.0 Å². The van der Waals surface area contributed by atoms with Crippen LogP contribution in [0, 0.1) is 10.8 Å². The first kappa shape index (κ1) is 57.7. The third kappa shape index (κ3) is 13.0. The Bertz CT molecular complexity index is 3590. The standard InChI is InChI=1S/C52H61N11O10S5/c1-11-62(12-2)37-20-33(35(22-41(37)72-9)58-60-43-19-30-24-51(5,6)26-39(64)44(30)75-43)53-48-55-49(57-50(56-48)74-28-29-16-15-17-31(18-29)77(66,67)68)54-34-21-38(63(13-3)14-4)42(73-10)23-36(34)59-61-47-46(78(69,70)71)32-25-52(7,8)27-40(65)45(32)76-47/h15-23H,11-14,24-28H2,1-10H3,(H,66,67,68)(H,69,70,71)(H2,53,54,55,56,57)/b60-58+,61-59+. The quantitative estimate of drug-likeness (QED) is 0.0296. The number of nitrogens with one attached hydrogen (secondary N) is 2. The molecule has 0 unspecified atom stereocenters. The average molecular weight is 1160 g/mol. The van der Waals surface area contributed by atoms with E-state index in [9.17, 15) is 35.5 Å². The van der Waals surface area contributed by atoms with Crippen molar-refractivity contribution in [3.05, 3.63) is 81.0 Å². The second kappa shape index (κ2) is 23.1. The lowest BCUT2D eigenvalue weighted by Crippen LogP contribution is -2.26. The maximum atomic E-state index is 13.3. The van der Waals surface area contributed by atoms with E-state index >= 15 is 0 Å². The van der Waals surface area contributed by atoms with Crippen molar-refractivity contribution in [2.45, 2.75) is 102 Å². The molecular weight excluding hydrogens is 1100 g/mol. The van der Waals surface area contributed by atoms with Gasteiger partial charge in [0, 0.05) is 56.9 Å². The van der Waals surface area contributed by atoms with Crippen molar-refractivity contribution in [1.82, 2.24) is 15.0 Å². The van der Waals surface area contributed by atoms with E-state index in [-0.39, 0.29) is 84.3 Å². The van der Waals surface area contributed by atoms with Crippen molar-refractivity contribution in [2.75, 3.05) is 60.8 Å². The second-order valence-electron chi connectivity index (χ2n) is 20.1. The number of fused-ring (bicyclic) bond motifs is 2. The summed E-state index contributed by atoms with van der Waals surface area (Å²) in [5.74, 6) is 0.908. The Labute approximate surface area is 465 Å². The molecule has 0 saturated carbocycles. The molecule has 3 aromatic carbocycles. The Kier molecular flexibility index (Phi) is 17.1. The summed E-state index contributed by atoms with van der Waals surface area (Å²) >= 11 is 3.28. The smallest absolute Gasteiger partial charge is 0.297 e. The van der Waals surface area contributed by atoms with Crippen molar-refractivity contribution in [3.63, 3.8) is 0 Å². The number of ketones is 2. The highest BCUT2D eigenvalue weighted by Gasteiger charge is 2.39. The molecule has 2 aliphatic rings. The van der Waals surface area contributed by atoms with Crippen molar-refractivity contribution < 1.29 is 45.0 Å². The van der Waals surface area contributed by atoms with Gasteiger partial charge in [-0.15, -0.1) is 43.1 Å². The third-order valence-corrected chi connectivity index (χ3v) is 18.2. The molecule has 8 rings (SSSR count). The van der Waals surface area contributed by atoms with Crippen LogP contribution in [0.1, 0.15) is 104 Å². The molecule has 0 bridgehead atoms. The van der Waals surface area contributed by atoms with E-state index in [1.54, 1.807) is 31.4 Å². The summed E-state index contributed by atoms with van der Waals surface area (Å²) < 4.78 is 82.4. The second-order valence-corrected chi connectivity index (χ2v) is 25.8. The van der Waals surface area contributed by atoms with Gasteiger partial charge in [0.05, 0.1) is 51.6 Å². The number of hydrogen-bond donors (Lipinski definition) is 4. The number of rotatable bonds is 21. The third-order valence-electron chi connectivity index (χ3n) is 13.1. The summed E-state index contributed by atoms with van der Waals surface area (Å²) in [6, 6.07) is 14.7. The predicted molar refractivity (Wildman–Crippen MR) is 305 cm³/mol. The minimum absolute atomic E-state index is 0.00995. The van der Waals surface area contributed by atoms with E-state index in [0.717, 1.165) is 40.8 Å². The summed E-state index contributed by atoms with van der Waals surface area (Å²) in [5, 5.41) is 25.5. The lowest BCUT2D eigenvalue weighted by atomic mass is 9.76. The molecule has 4 N–H and O–H groups in total. The Morgan fingerprint density at radius 3 is 1.73 bits per heavy atom. The molecule has 0 spiro atoms. The SMILES string of the molecule is CCN(CC)c1cc(Nc2nc(Nc3cc(N(CC)CC)c(OC)cc3/N=N/c3sc4c(c3S(=O)(=O)O)CC(C)(C)CC4=O)nc(SCc3cccc(S(=O)(=O)O)c3)n2)c(/N=N/c2cc3c(s2)C(=O)CC(C)(C)C3)cc1OC. The fraction of sp³-hybridized carbons (Fsp3) is 0.404. The van der Waals surface area contributed by atoms with Gasteiger partial charge in [0.25, 0.3) is 20.2 Å². The number of benzene rings is 3. The number of nitrogens with zero attached hydrogens (tertiary/aromatic N) is 9. The first-order valence-corrected chi connectivity index (χ1v) is 30.4.